The monoisotopic (exact) mass is 326 g/mol. The van der Waals surface area contributed by atoms with Crippen LogP contribution in [0.2, 0.25) is 10.0 Å². The molecular formula is C14H16Cl2N4O. The van der Waals surface area contributed by atoms with Gasteiger partial charge in [0.15, 0.2) is 0 Å². The van der Waals surface area contributed by atoms with Crippen LogP contribution in [0.4, 0.5) is 0 Å². The van der Waals surface area contributed by atoms with Gasteiger partial charge in [0.25, 0.3) is 0 Å². The SMILES string of the molecule is CCCOc1cncc(C(NN)c2ncc(Cl)cc2Cl)c1. The predicted octanol–water partition coefficient (Wildman–Crippen LogP) is 3.12. The molecule has 0 amide bonds. The molecule has 112 valence electrons. The van der Waals surface area contributed by atoms with E-state index in [9.17, 15) is 0 Å². The van der Waals surface area contributed by atoms with Crippen LogP contribution < -0.4 is 16.0 Å². The van der Waals surface area contributed by atoms with Crippen molar-refractivity contribution >= 4 is 23.2 Å². The Morgan fingerprint density at radius 1 is 1.29 bits per heavy atom. The number of hydrogen-bond acceptors (Lipinski definition) is 5. The summed E-state index contributed by atoms with van der Waals surface area (Å²) in [5.41, 5.74) is 4.08. The third-order valence-corrected chi connectivity index (χ3v) is 3.33. The van der Waals surface area contributed by atoms with Crippen LogP contribution >= 0.6 is 23.2 Å². The Morgan fingerprint density at radius 2 is 2.10 bits per heavy atom. The van der Waals surface area contributed by atoms with Gasteiger partial charge in [-0.25, -0.2) is 5.43 Å². The molecule has 0 aliphatic heterocycles. The lowest BCUT2D eigenvalue weighted by Gasteiger charge is -2.17. The molecule has 1 unspecified atom stereocenters. The number of nitrogens with two attached hydrogens (primary N) is 1. The summed E-state index contributed by atoms with van der Waals surface area (Å²) in [6.45, 7) is 2.67. The van der Waals surface area contributed by atoms with Gasteiger partial charge in [-0.15, -0.1) is 0 Å². The van der Waals surface area contributed by atoms with E-state index in [0.717, 1.165) is 12.0 Å². The average Bonchev–Trinajstić information content (AvgIpc) is 2.48. The Bertz CT molecular complexity index is 609. The lowest BCUT2D eigenvalue weighted by atomic mass is 10.1. The van der Waals surface area contributed by atoms with Crippen LogP contribution in [0.15, 0.2) is 30.7 Å². The number of hydrogen-bond donors (Lipinski definition) is 2. The molecule has 0 aliphatic carbocycles. The van der Waals surface area contributed by atoms with Crippen molar-refractivity contribution in [2.45, 2.75) is 19.4 Å². The molecule has 0 spiro atoms. The van der Waals surface area contributed by atoms with Crippen LogP contribution in [0.1, 0.15) is 30.6 Å². The van der Waals surface area contributed by atoms with Gasteiger partial charge in [-0.1, -0.05) is 30.1 Å². The van der Waals surface area contributed by atoms with E-state index in [1.807, 2.05) is 13.0 Å². The number of aromatic nitrogens is 2. The topological polar surface area (TPSA) is 73.1 Å². The summed E-state index contributed by atoms with van der Waals surface area (Å²) in [6.07, 6.45) is 5.80. The average molecular weight is 327 g/mol. The Balaban J connectivity index is 2.32. The van der Waals surface area contributed by atoms with Gasteiger partial charge in [-0.05, 0) is 24.1 Å². The fraction of sp³-hybridized carbons (Fsp3) is 0.286. The summed E-state index contributed by atoms with van der Waals surface area (Å²) >= 11 is 12.0. The van der Waals surface area contributed by atoms with Crippen molar-refractivity contribution in [1.82, 2.24) is 15.4 Å². The molecule has 2 aromatic rings. The molecule has 2 heterocycles. The van der Waals surface area contributed by atoms with Gasteiger partial charge in [0.05, 0.1) is 34.6 Å². The molecule has 0 saturated heterocycles. The molecule has 2 aromatic heterocycles. The minimum Gasteiger partial charge on any atom is -0.492 e. The van der Waals surface area contributed by atoms with E-state index in [2.05, 4.69) is 15.4 Å². The van der Waals surface area contributed by atoms with E-state index < -0.39 is 6.04 Å². The fourth-order valence-corrected chi connectivity index (χ4v) is 2.35. The van der Waals surface area contributed by atoms with E-state index in [0.29, 0.717) is 28.1 Å². The summed E-state index contributed by atoms with van der Waals surface area (Å²) in [5.74, 6) is 6.32. The maximum atomic E-state index is 6.18. The van der Waals surface area contributed by atoms with Gasteiger partial charge < -0.3 is 4.74 Å². The smallest absolute Gasteiger partial charge is 0.137 e. The van der Waals surface area contributed by atoms with Gasteiger partial charge >= 0.3 is 0 Å². The largest absolute Gasteiger partial charge is 0.492 e. The Hall–Kier alpha value is -1.40. The first-order valence-corrected chi connectivity index (χ1v) is 7.26. The lowest BCUT2D eigenvalue weighted by molar-refractivity contribution is 0.315. The number of ether oxygens (including phenoxy) is 1. The van der Waals surface area contributed by atoms with E-state index in [4.69, 9.17) is 33.8 Å². The second kappa shape index (κ2) is 7.56. The van der Waals surface area contributed by atoms with Crippen LogP contribution in [-0.4, -0.2) is 16.6 Å². The standard InChI is InChI=1S/C14H16Cl2N4O/c1-2-3-21-11-4-9(6-18-8-11)13(20-17)14-12(16)5-10(15)7-19-14/h4-8,13,20H,2-3,17H2,1H3. The molecule has 7 heteroatoms. The summed E-state index contributed by atoms with van der Waals surface area (Å²) in [6, 6.07) is 3.09. The minimum atomic E-state index is -0.396. The van der Waals surface area contributed by atoms with Crippen LogP contribution in [0.3, 0.4) is 0 Å². The van der Waals surface area contributed by atoms with Crippen molar-refractivity contribution in [2.24, 2.45) is 5.84 Å². The number of nitrogens with one attached hydrogen (secondary N) is 1. The molecule has 0 bridgehead atoms. The number of rotatable bonds is 6. The quantitative estimate of drug-likeness (QED) is 0.630. The first-order valence-electron chi connectivity index (χ1n) is 6.50. The van der Waals surface area contributed by atoms with E-state index in [1.54, 1.807) is 18.5 Å². The number of halogens is 2. The van der Waals surface area contributed by atoms with Gasteiger partial charge in [-0.2, -0.15) is 0 Å². The molecular weight excluding hydrogens is 311 g/mol. The van der Waals surface area contributed by atoms with Crippen molar-refractivity contribution in [3.63, 3.8) is 0 Å². The first kappa shape index (κ1) is 16.0. The molecule has 0 aliphatic rings. The minimum absolute atomic E-state index is 0.396. The molecule has 0 fully saturated rings. The maximum Gasteiger partial charge on any atom is 0.137 e. The van der Waals surface area contributed by atoms with Crippen LogP contribution in [0.5, 0.6) is 5.75 Å². The van der Waals surface area contributed by atoms with Crippen molar-refractivity contribution in [2.75, 3.05) is 6.61 Å². The highest BCUT2D eigenvalue weighted by Gasteiger charge is 2.18. The highest BCUT2D eigenvalue weighted by molar-refractivity contribution is 6.34. The summed E-state index contributed by atoms with van der Waals surface area (Å²) in [7, 11) is 0. The summed E-state index contributed by atoms with van der Waals surface area (Å²) in [4.78, 5) is 8.40. The Morgan fingerprint density at radius 3 is 2.76 bits per heavy atom. The highest BCUT2D eigenvalue weighted by Crippen LogP contribution is 2.29. The Labute approximate surface area is 133 Å². The third kappa shape index (κ3) is 4.04. The number of nitrogens with zero attached hydrogens (tertiary/aromatic N) is 2. The zero-order chi connectivity index (χ0) is 15.2. The van der Waals surface area contributed by atoms with Gasteiger partial charge in [0.1, 0.15) is 5.75 Å². The number of hydrazine groups is 1. The molecule has 5 nitrogen and oxygen atoms in total. The van der Waals surface area contributed by atoms with Crippen molar-refractivity contribution in [3.05, 3.63) is 52.0 Å². The van der Waals surface area contributed by atoms with Crippen LogP contribution in [0.25, 0.3) is 0 Å². The number of pyridine rings is 2. The fourth-order valence-electron chi connectivity index (χ4n) is 1.86. The van der Waals surface area contributed by atoms with E-state index in [-0.39, 0.29) is 0 Å². The maximum absolute atomic E-state index is 6.18. The van der Waals surface area contributed by atoms with Crippen LogP contribution in [-0.2, 0) is 0 Å². The zero-order valence-electron chi connectivity index (χ0n) is 11.5. The summed E-state index contributed by atoms with van der Waals surface area (Å²) in [5, 5.41) is 0.906. The second-order valence-corrected chi connectivity index (χ2v) is 5.27. The lowest BCUT2D eigenvalue weighted by Crippen LogP contribution is -2.29. The molecule has 0 saturated carbocycles. The molecule has 0 aromatic carbocycles. The first-order chi connectivity index (χ1) is 10.2. The normalized spacial score (nSPS) is 12.2. The van der Waals surface area contributed by atoms with Gasteiger partial charge in [-0.3, -0.25) is 15.8 Å². The highest BCUT2D eigenvalue weighted by atomic mass is 35.5. The van der Waals surface area contributed by atoms with Gasteiger partial charge in [0.2, 0.25) is 0 Å². The Kier molecular flexibility index (Phi) is 5.76. The van der Waals surface area contributed by atoms with E-state index >= 15 is 0 Å². The van der Waals surface area contributed by atoms with E-state index in [1.165, 1.54) is 6.20 Å². The van der Waals surface area contributed by atoms with Gasteiger partial charge in [0, 0.05) is 12.4 Å². The van der Waals surface area contributed by atoms with Crippen LogP contribution in [0, 0.1) is 0 Å². The van der Waals surface area contributed by atoms with Crippen molar-refractivity contribution in [3.8, 4) is 5.75 Å². The summed E-state index contributed by atoms with van der Waals surface area (Å²) < 4.78 is 5.57. The second-order valence-electron chi connectivity index (χ2n) is 4.42. The molecule has 0 radical (unpaired) electrons. The van der Waals surface area contributed by atoms with Crippen molar-refractivity contribution in [1.29, 1.82) is 0 Å². The van der Waals surface area contributed by atoms with Crippen molar-refractivity contribution < 1.29 is 4.74 Å². The molecule has 21 heavy (non-hydrogen) atoms. The predicted molar refractivity (Wildman–Crippen MR) is 83.4 cm³/mol. The molecule has 3 N–H and O–H groups in total. The molecule has 1 atom stereocenters. The zero-order valence-corrected chi connectivity index (χ0v) is 13.0. The molecule has 2 rings (SSSR count). The third-order valence-electron chi connectivity index (χ3n) is 2.82.